The molecule has 0 saturated carbocycles. The molecule has 2 amide bonds. The van der Waals surface area contributed by atoms with Gasteiger partial charge < -0.3 is 20.5 Å². The molecule has 0 aromatic heterocycles. The Hall–Kier alpha value is -2.57. The van der Waals surface area contributed by atoms with E-state index in [1.165, 1.54) is 6.92 Å². The fraction of sp³-hybridized carbons (Fsp3) is 0.308. The first-order valence-corrected chi connectivity index (χ1v) is 5.92. The van der Waals surface area contributed by atoms with E-state index in [0.717, 1.165) is 0 Å². The van der Waals surface area contributed by atoms with Crippen molar-refractivity contribution in [2.75, 3.05) is 13.2 Å². The van der Waals surface area contributed by atoms with Crippen LogP contribution in [0.15, 0.2) is 30.3 Å². The van der Waals surface area contributed by atoms with Gasteiger partial charge in [-0.15, -0.1) is 0 Å². The van der Waals surface area contributed by atoms with E-state index in [1.54, 1.807) is 24.3 Å². The second-order valence-electron chi connectivity index (χ2n) is 3.91. The molecule has 108 valence electrons. The zero-order chi connectivity index (χ0) is 15.0. The van der Waals surface area contributed by atoms with Crippen molar-refractivity contribution in [1.82, 2.24) is 5.32 Å². The molecule has 0 spiro atoms. The highest BCUT2D eigenvalue weighted by atomic mass is 16.5. The molecule has 1 aromatic rings. The number of amides is 2. The van der Waals surface area contributed by atoms with Gasteiger partial charge >= 0.3 is 5.97 Å². The molecular formula is C13H16N2O5. The lowest BCUT2D eigenvalue weighted by atomic mass is 10.3. The average Bonchev–Trinajstić information content (AvgIpc) is 2.43. The monoisotopic (exact) mass is 280 g/mol. The molecule has 0 aliphatic heterocycles. The zero-order valence-electron chi connectivity index (χ0n) is 11.0. The minimum Gasteiger partial charge on any atom is -0.484 e. The SMILES string of the molecule is CC(OC(=O)CNC(=O)COc1ccccc1)C(N)=O. The van der Waals surface area contributed by atoms with Crippen molar-refractivity contribution in [2.45, 2.75) is 13.0 Å². The summed E-state index contributed by atoms with van der Waals surface area (Å²) in [4.78, 5) is 33.3. The highest BCUT2D eigenvalue weighted by Gasteiger charge is 2.15. The number of primary amides is 1. The van der Waals surface area contributed by atoms with E-state index in [4.69, 9.17) is 10.5 Å². The number of nitrogens with two attached hydrogens (primary N) is 1. The van der Waals surface area contributed by atoms with E-state index >= 15 is 0 Å². The van der Waals surface area contributed by atoms with Gasteiger partial charge in [0.1, 0.15) is 12.3 Å². The number of ether oxygens (including phenoxy) is 2. The highest BCUT2D eigenvalue weighted by Crippen LogP contribution is 2.07. The van der Waals surface area contributed by atoms with Gasteiger partial charge in [0.15, 0.2) is 12.7 Å². The normalized spacial score (nSPS) is 11.2. The summed E-state index contributed by atoms with van der Waals surface area (Å²) in [5.74, 6) is -1.42. The van der Waals surface area contributed by atoms with Gasteiger partial charge in [0.05, 0.1) is 0 Å². The van der Waals surface area contributed by atoms with E-state index in [2.05, 4.69) is 10.1 Å². The van der Waals surface area contributed by atoms with Gasteiger partial charge in [-0.05, 0) is 19.1 Å². The largest absolute Gasteiger partial charge is 0.484 e. The molecule has 20 heavy (non-hydrogen) atoms. The van der Waals surface area contributed by atoms with Crippen molar-refractivity contribution in [3.8, 4) is 5.75 Å². The number of carbonyl (C=O) groups excluding carboxylic acids is 3. The van der Waals surface area contributed by atoms with Crippen LogP contribution < -0.4 is 15.8 Å². The van der Waals surface area contributed by atoms with E-state index in [1.807, 2.05) is 6.07 Å². The third-order valence-electron chi connectivity index (χ3n) is 2.25. The molecule has 1 atom stereocenters. The number of benzene rings is 1. The van der Waals surface area contributed by atoms with Crippen LogP contribution in [-0.4, -0.2) is 37.0 Å². The summed E-state index contributed by atoms with van der Waals surface area (Å²) in [6.07, 6.45) is -1.03. The summed E-state index contributed by atoms with van der Waals surface area (Å²) in [5, 5.41) is 2.31. The van der Waals surface area contributed by atoms with Gasteiger partial charge in [-0.3, -0.25) is 14.4 Å². The topological polar surface area (TPSA) is 108 Å². The van der Waals surface area contributed by atoms with E-state index in [-0.39, 0.29) is 13.2 Å². The Labute approximate surface area is 116 Å². The van der Waals surface area contributed by atoms with Crippen LogP contribution in [-0.2, 0) is 19.1 Å². The van der Waals surface area contributed by atoms with Crippen LogP contribution in [0.3, 0.4) is 0 Å². The Morgan fingerprint density at radius 3 is 2.50 bits per heavy atom. The third-order valence-corrected chi connectivity index (χ3v) is 2.25. The molecule has 0 fully saturated rings. The fourth-order valence-corrected chi connectivity index (χ4v) is 1.18. The van der Waals surface area contributed by atoms with Crippen molar-refractivity contribution < 1.29 is 23.9 Å². The van der Waals surface area contributed by atoms with E-state index in [0.29, 0.717) is 5.75 Å². The van der Waals surface area contributed by atoms with Crippen molar-refractivity contribution in [2.24, 2.45) is 5.73 Å². The van der Waals surface area contributed by atoms with E-state index < -0.39 is 23.9 Å². The Kier molecular flexibility index (Phi) is 6.02. The molecule has 7 nitrogen and oxygen atoms in total. The molecule has 0 radical (unpaired) electrons. The van der Waals surface area contributed by atoms with E-state index in [9.17, 15) is 14.4 Å². The summed E-state index contributed by atoms with van der Waals surface area (Å²) in [7, 11) is 0. The predicted octanol–water partition coefficient (Wildman–Crippen LogP) is -0.401. The lowest BCUT2D eigenvalue weighted by molar-refractivity contribution is -0.153. The van der Waals surface area contributed by atoms with Gasteiger partial charge in [0.2, 0.25) is 0 Å². The van der Waals surface area contributed by atoms with Crippen LogP contribution in [0.25, 0.3) is 0 Å². The van der Waals surface area contributed by atoms with Crippen LogP contribution in [0, 0.1) is 0 Å². The number of esters is 1. The molecule has 1 aromatic carbocycles. The molecule has 0 bridgehead atoms. The maximum atomic E-state index is 11.4. The van der Waals surface area contributed by atoms with Crippen LogP contribution in [0.5, 0.6) is 5.75 Å². The minimum absolute atomic E-state index is 0.220. The molecule has 0 aliphatic carbocycles. The lowest BCUT2D eigenvalue weighted by Gasteiger charge is -2.10. The Morgan fingerprint density at radius 2 is 1.90 bits per heavy atom. The van der Waals surface area contributed by atoms with Gasteiger partial charge in [-0.2, -0.15) is 0 Å². The molecule has 3 N–H and O–H groups in total. The van der Waals surface area contributed by atoms with Crippen molar-refractivity contribution in [3.05, 3.63) is 30.3 Å². The zero-order valence-corrected chi connectivity index (χ0v) is 11.0. The van der Waals surface area contributed by atoms with Crippen LogP contribution in [0.2, 0.25) is 0 Å². The second kappa shape index (κ2) is 7.78. The number of hydrogen-bond donors (Lipinski definition) is 2. The summed E-state index contributed by atoms with van der Waals surface area (Å²) in [5.41, 5.74) is 4.93. The highest BCUT2D eigenvalue weighted by molar-refractivity contribution is 5.85. The second-order valence-corrected chi connectivity index (χ2v) is 3.91. The van der Waals surface area contributed by atoms with Crippen LogP contribution in [0.1, 0.15) is 6.92 Å². The predicted molar refractivity (Wildman–Crippen MR) is 69.7 cm³/mol. The van der Waals surface area contributed by atoms with Crippen molar-refractivity contribution >= 4 is 17.8 Å². The van der Waals surface area contributed by atoms with Gasteiger partial charge in [0.25, 0.3) is 11.8 Å². The Balaban J connectivity index is 2.23. The van der Waals surface area contributed by atoms with Gasteiger partial charge in [-0.1, -0.05) is 18.2 Å². The maximum absolute atomic E-state index is 11.4. The average molecular weight is 280 g/mol. The Morgan fingerprint density at radius 1 is 1.25 bits per heavy atom. The first-order chi connectivity index (χ1) is 9.49. The summed E-state index contributed by atoms with van der Waals surface area (Å²) in [6, 6.07) is 8.78. The Bertz CT molecular complexity index is 475. The molecular weight excluding hydrogens is 264 g/mol. The van der Waals surface area contributed by atoms with Crippen LogP contribution >= 0.6 is 0 Å². The van der Waals surface area contributed by atoms with Crippen molar-refractivity contribution in [3.63, 3.8) is 0 Å². The third kappa shape index (κ3) is 5.85. The first kappa shape index (κ1) is 15.5. The summed E-state index contributed by atoms with van der Waals surface area (Å²) >= 11 is 0. The number of carbonyl (C=O) groups is 3. The number of nitrogens with one attached hydrogen (secondary N) is 1. The summed E-state index contributed by atoms with van der Waals surface area (Å²) < 4.78 is 9.84. The molecule has 0 aliphatic rings. The number of hydrogen-bond acceptors (Lipinski definition) is 5. The fourth-order valence-electron chi connectivity index (χ4n) is 1.18. The molecule has 0 saturated heterocycles. The number of para-hydroxylation sites is 1. The smallest absolute Gasteiger partial charge is 0.326 e. The molecule has 0 heterocycles. The maximum Gasteiger partial charge on any atom is 0.326 e. The standard InChI is InChI=1S/C13H16N2O5/c1-9(13(14)18)20-12(17)7-15-11(16)8-19-10-5-3-2-4-6-10/h2-6,9H,7-8H2,1H3,(H2,14,18)(H,15,16). The first-order valence-electron chi connectivity index (χ1n) is 5.92. The van der Waals surface area contributed by atoms with Gasteiger partial charge in [-0.25, -0.2) is 0 Å². The number of rotatable bonds is 7. The van der Waals surface area contributed by atoms with Crippen LogP contribution in [0.4, 0.5) is 0 Å². The van der Waals surface area contributed by atoms with Crippen molar-refractivity contribution in [1.29, 1.82) is 0 Å². The quantitative estimate of drug-likeness (QED) is 0.661. The summed E-state index contributed by atoms with van der Waals surface area (Å²) in [6.45, 7) is 0.776. The molecule has 1 rings (SSSR count). The molecule has 1 unspecified atom stereocenters. The lowest BCUT2D eigenvalue weighted by Crippen LogP contribution is -2.37. The molecule has 7 heteroatoms. The minimum atomic E-state index is -1.03. The van der Waals surface area contributed by atoms with Gasteiger partial charge in [0, 0.05) is 0 Å².